The van der Waals surface area contributed by atoms with Crippen molar-refractivity contribution in [2.24, 2.45) is 5.41 Å². The molecule has 0 heterocycles. The largest absolute Gasteiger partial charge is 0.380 e. The lowest BCUT2D eigenvalue weighted by Crippen LogP contribution is -2.45. The number of hydrogen-bond acceptors (Lipinski definition) is 2. The van der Waals surface area contributed by atoms with Crippen LogP contribution in [0.25, 0.3) is 0 Å². The van der Waals surface area contributed by atoms with Crippen molar-refractivity contribution >= 4 is 17.4 Å². The molecule has 0 fully saturated rings. The van der Waals surface area contributed by atoms with Gasteiger partial charge in [-0.3, -0.25) is 4.79 Å². The van der Waals surface area contributed by atoms with Gasteiger partial charge < -0.3 is 5.11 Å². The summed E-state index contributed by atoms with van der Waals surface area (Å²) in [5.74, 6) is 0.0461. The smallest absolute Gasteiger partial charge is 0.159 e. The lowest BCUT2D eigenvalue weighted by Gasteiger charge is -2.44. The Morgan fingerprint density at radius 2 is 1.95 bits per heavy atom. The van der Waals surface area contributed by atoms with Crippen molar-refractivity contribution in [3.8, 4) is 0 Å². The normalized spacial score (nSPS) is 24.4. The second-order valence-corrected chi connectivity index (χ2v) is 5.99. The number of Topliss-reactive ketones (excluding diaryl/α,β-unsaturated/α-hetero) is 1. The number of allylic oxidation sites excluding steroid dienone is 2. The molecule has 0 bridgehead atoms. The van der Waals surface area contributed by atoms with Crippen LogP contribution in [0.15, 0.2) is 48.1 Å². The summed E-state index contributed by atoms with van der Waals surface area (Å²) in [4.78, 5) is 12.1. The molecule has 0 aliphatic heterocycles. The zero-order valence-electron chi connectivity index (χ0n) is 12.0. The van der Waals surface area contributed by atoms with Crippen LogP contribution in [0.2, 0.25) is 5.02 Å². The number of rotatable bonds is 3. The summed E-state index contributed by atoms with van der Waals surface area (Å²) in [5.41, 5.74) is -0.776. The molecule has 0 amide bonds. The Labute approximate surface area is 124 Å². The zero-order valence-corrected chi connectivity index (χ0v) is 12.7. The fourth-order valence-electron chi connectivity index (χ4n) is 2.73. The highest BCUT2D eigenvalue weighted by molar-refractivity contribution is 6.31. The molecule has 2 nitrogen and oxygen atoms in total. The first-order valence-electron chi connectivity index (χ1n) is 6.75. The Morgan fingerprint density at radius 1 is 1.30 bits per heavy atom. The minimum Gasteiger partial charge on any atom is -0.380 e. The third kappa shape index (κ3) is 2.13. The maximum atomic E-state index is 12.1. The minimum atomic E-state index is -1.29. The number of carbonyl (C=O) groups is 1. The van der Waals surface area contributed by atoms with Gasteiger partial charge in [-0.15, -0.1) is 0 Å². The molecule has 1 atom stereocenters. The summed E-state index contributed by atoms with van der Waals surface area (Å²) in [6, 6.07) is 7.21. The third-order valence-electron chi connectivity index (χ3n) is 4.13. The van der Waals surface area contributed by atoms with Crippen molar-refractivity contribution in [1.29, 1.82) is 0 Å². The van der Waals surface area contributed by atoms with E-state index in [1.807, 2.05) is 32.9 Å². The average molecular weight is 291 g/mol. The van der Waals surface area contributed by atoms with Crippen LogP contribution in [0.5, 0.6) is 0 Å². The van der Waals surface area contributed by atoms with Gasteiger partial charge >= 0.3 is 0 Å². The van der Waals surface area contributed by atoms with Crippen LogP contribution in [0.1, 0.15) is 32.8 Å². The first-order chi connectivity index (χ1) is 9.34. The Kier molecular flexibility index (Phi) is 3.90. The van der Waals surface area contributed by atoms with Crippen molar-refractivity contribution < 1.29 is 9.90 Å². The highest BCUT2D eigenvalue weighted by atomic mass is 35.5. The molecule has 1 aliphatic rings. The predicted octanol–water partition coefficient (Wildman–Crippen LogP) is 4.03. The Morgan fingerprint density at radius 3 is 2.55 bits per heavy atom. The van der Waals surface area contributed by atoms with E-state index in [1.54, 1.807) is 30.4 Å². The van der Waals surface area contributed by atoms with Crippen LogP contribution in [0.3, 0.4) is 0 Å². The van der Waals surface area contributed by atoms with Crippen LogP contribution in [0, 0.1) is 5.41 Å². The van der Waals surface area contributed by atoms with E-state index in [0.29, 0.717) is 22.6 Å². The molecule has 1 aromatic rings. The fourth-order valence-corrected chi connectivity index (χ4v) is 3.01. The Hall–Kier alpha value is -1.38. The van der Waals surface area contributed by atoms with Gasteiger partial charge in [-0.05, 0) is 12.1 Å². The summed E-state index contributed by atoms with van der Waals surface area (Å²) >= 11 is 6.24. The Bertz CT molecular complexity index is 599. The molecule has 0 saturated carbocycles. The van der Waals surface area contributed by atoms with Gasteiger partial charge in [0, 0.05) is 28.0 Å². The standard InChI is InChI=1S/C17H19ClO2/c1-4-15(19)13-9-7-11-17(20,16(13,2)3)12-8-5-6-10-14(12)18/h5-11,20H,4H2,1-3H3. The highest BCUT2D eigenvalue weighted by Gasteiger charge is 2.49. The number of ketones is 1. The van der Waals surface area contributed by atoms with Crippen molar-refractivity contribution in [2.75, 3.05) is 0 Å². The van der Waals surface area contributed by atoms with Crippen LogP contribution in [0.4, 0.5) is 0 Å². The van der Waals surface area contributed by atoms with E-state index in [4.69, 9.17) is 11.6 Å². The lowest BCUT2D eigenvalue weighted by molar-refractivity contribution is -0.118. The molecule has 1 aliphatic carbocycles. The molecular formula is C17H19ClO2. The van der Waals surface area contributed by atoms with Crippen LogP contribution >= 0.6 is 11.6 Å². The topological polar surface area (TPSA) is 37.3 Å². The molecule has 106 valence electrons. The molecule has 1 N–H and O–H groups in total. The van der Waals surface area contributed by atoms with Crippen LogP contribution < -0.4 is 0 Å². The van der Waals surface area contributed by atoms with Crippen molar-refractivity contribution in [3.63, 3.8) is 0 Å². The average Bonchev–Trinajstić information content (AvgIpc) is 2.41. The van der Waals surface area contributed by atoms with Crippen molar-refractivity contribution in [2.45, 2.75) is 32.8 Å². The van der Waals surface area contributed by atoms with Gasteiger partial charge in [0.25, 0.3) is 0 Å². The van der Waals surface area contributed by atoms with Gasteiger partial charge in [-0.25, -0.2) is 0 Å². The molecule has 0 spiro atoms. The van der Waals surface area contributed by atoms with E-state index in [-0.39, 0.29) is 5.78 Å². The first-order valence-corrected chi connectivity index (χ1v) is 7.13. The van der Waals surface area contributed by atoms with E-state index in [9.17, 15) is 9.90 Å². The molecule has 2 rings (SSSR count). The molecule has 1 aromatic carbocycles. The lowest BCUT2D eigenvalue weighted by atomic mass is 9.63. The van der Waals surface area contributed by atoms with Gasteiger partial charge in [-0.2, -0.15) is 0 Å². The quantitative estimate of drug-likeness (QED) is 0.912. The minimum absolute atomic E-state index is 0.0461. The van der Waals surface area contributed by atoms with Gasteiger partial charge in [0.05, 0.1) is 0 Å². The highest BCUT2D eigenvalue weighted by Crippen LogP contribution is 2.50. The van der Waals surface area contributed by atoms with Gasteiger partial charge in [-0.1, -0.05) is 62.7 Å². The fraction of sp³-hybridized carbons (Fsp3) is 0.353. The molecule has 1 unspecified atom stereocenters. The van der Waals surface area contributed by atoms with Crippen molar-refractivity contribution in [3.05, 3.63) is 58.7 Å². The first kappa shape index (κ1) is 15.0. The zero-order chi connectivity index (χ0) is 15.0. The van der Waals surface area contributed by atoms with E-state index in [1.165, 1.54) is 0 Å². The number of aliphatic hydroxyl groups is 1. The van der Waals surface area contributed by atoms with Crippen LogP contribution in [-0.4, -0.2) is 10.9 Å². The summed E-state index contributed by atoms with van der Waals surface area (Å²) in [6.07, 6.45) is 5.65. The third-order valence-corrected chi connectivity index (χ3v) is 4.46. The maximum absolute atomic E-state index is 12.1. The predicted molar refractivity (Wildman–Crippen MR) is 81.7 cm³/mol. The van der Waals surface area contributed by atoms with E-state index >= 15 is 0 Å². The summed E-state index contributed by atoms with van der Waals surface area (Å²) in [5, 5.41) is 11.7. The Balaban J connectivity index is 2.59. The van der Waals surface area contributed by atoms with E-state index < -0.39 is 11.0 Å². The maximum Gasteiger partial charge on any atom is 0.159 e. The SMILES string of the molecule is CCC(=O)C1=CC=CC(O)(c2ccccc2Cl)C1(C)C. The molecule has 20 heavy (non-hydrogen) atoms. The molecular weight excluding hydrogens is 272 g/mol. The monoisotopic (exact) mass is 290 g/mol. The number of hydrogen-bond donors (Lipinski definition) is 1. The summed E-state index contributed by atoms with van der Waals surface area (Å²) in [6.45, 7) is 5.57. The summed E-state index contributed by atoms with van der Waals surface area (Å²) in [7, 11) is 0. The van der Waals surface area contributed by atoms with Gasteiger partial charge in [0.1, 0.15) is 5.60 Å². The van der Waals surface area contributed by atoms with Gasteiger partial charge in [0.15, 0.2) is 5.78 Å². The van der Waals surface area contributed by atoms with E-state index in [0.717, 1.165) is 0 Å². The summed E-state index contributed by atoms with van der Waals surface area (Å²) < 4.78 is 0. The van der Waals surface area contributed by atoms with E-state index in [2.05, 4.69) is 0 Å². The van der Waals surface area contributed by atoms with Crippen LogP contribution in [-0.2, 0) is 10.4 Å². The van der Waals surface area contributed by atoms with Gasteiger partial charge in [0.2, 0.25) is 0 Å². The number of benzene rings is 1. The molecule has 3 heteroatoms. The molecule has 0 aromatic heterocycles. The van der Waals surface area contributed by atoms with Crippen molar-refractivity contribution in [1.82, 2.24) is 0 Å². The number of carbonyl (C=O) groups excluding carboxylic acids is 1. The second-order valence-electron chi connectivity index (χ2n) is 5.59. The number of halogens is 1. The molecule has 0 saturated heterocycles. The second kappa shape index (κ2) is 5.19. The molecule has 0 radical (unpaired) electrons.